The van der Waals surface area contributed by atoms with Crippen LogP contribution in [0.5, 0.6) is 5.75 Å². The Bertz CT molecular complexity index is 847. The van der Waals surface area contributed by atoms with Gasteiger partial charge in [0.15, 0.2) is 0 Å². The molecule has 0 spiro atoms. The average molecular weight is 354 g/mol. The van der Waals surface area contributed by atoms with E-state index in [4.69, 9.17) is 9.84 Å². The predicted molar refractivity (Wildman–Crippen MR) is 95.5 cm³/mol. The second-order valence-corrected chi connectivity index (χ2v) is 5.95. The highest BCUT2D eigenvalue weighted by molar-refractivity contribution is 6.04. The Balaban J connectivity index is 1.70. The zero-order valence-electron chi connectivity index (χ0n) is 14.1. The molecule has 7 nitrogen and oxygen atoms in total. The summed E-state index contributed by atoms with van der Waals surface area (Å²) in [5.74, 6) is -1.37. The van der Waals surface area contributed by atoms with Crippen LogP contribution >= 0.6 is 0 Å². The quantitative estimate of drug-likeness (QED) is 0.859. The van der Waals surface area contributed by atoms with Gasteiger partial charge in [0, 0.05) is 18.7 Å². The Morgan fingerprint density at radius 2 is 1.85 bits per heavy atom. The number of hydrogen-bond acceptors (Lipinski definition) is 4. The van der Waals surface area contributed by atoms with Crippen LogP contribution in [-0.4, -0.2) is 36.5 Å². The first kappa shape index (κ1) is 17.5. The highest BCUT2D eigenvalue weighted by Crippen LogP contribution is 2.33. The first-order chi connectivity index (χ1) is 12.5. The highest BCUT2D eigenvalue weighted by Gasteiger charge is 2.36. The first-order valence-electron chi connectivity index (χ1n) is 8.07. The molecular formula is C19H18N2O5. The zero-order chi connectivity index (χ0) is 18.7. The molecule has 0 unspecified atom stereocenters. The lowest BCUT2D eigenvalue weighted by atomic mass is 10.1. The summed E-state index contributed by atoms with van der Waals surface area (Å²) in [7, 11) is 1.53. The summed E-state index contributed by atoms with van der Waals surface area (Å²) >= 11 is 0. The van der Waals surface area contributed by atoms with E-state index in [1.807, 2.05) is 12.1 Å². The van der Waals surface area contributed by atoms with Gasteiger partial charge in [-0.15, -0.1) is 0 Å². The van der Waals surface area contributed by atoms with Crippen molar-refractivity contribution in [2.45, 2.75) is 6.42 Å². The summed E-state index contributed by atoms with van der Waals surface area (Å²) in [6.07, 6.45) is 0.108. The molecule has 1 heterocycles. The molecule has 0 bridgehead atoms. The van der Waals surface area contributed by atoms with Gasteiger partial charge in [0.05, 0.1) is 24.3 Å². The molecular weight excluding hydrogens is 336 g/mol. The maximum Gasteiger partial charge on any atom is 0.335 e. The molecule has 0 aromatic heterocycles. The second kappa shape index (κ2) is 7.26. The molecule has 2 aromatic rings. The van der Waals surface area contributed by atoms with Gasteiger partial charge in [0.25, 0.3) is 0 Å². The molecule has 0 saturated carbocycles. The Labute approximate surface area is 150 Å². The number of carbonyl (C=O) groups excluding carboxylic acids is 2. The van der Waals surface area contributed by atoms with Crippen LogP contribution in [0, 0.1) is 5.92 Å². The van der Waals surface area contributed by atoms with Crippen molar-refractivity contribution in [1.82, 2.24) is 0 Å². The number of aromatic carboxylic acids is 1. The number of carboxylic acids is 1. The van der Waals surface area contributed by atoms with E-state index in [0.29, 0.717) is 17.1 Å². The van der Waals surface area contributed by atoms with Crippen molar-refractivity contribution < 1.29 is 24.2 Å². The zero-order valence-corrected chi connectivity index (χ0v) is 14.1. The van der Waals surface area contributed by atoms with Gasteiger partial charge in [-0.25, -0.2) is 4.79 Å². The first-order valence-corrected chi connectivity index (χ1v) is 8.07. The molecule has 1 aliphatic rings. The molecule has 2 amide bonds. The summed E-state index contributed by atoms with van der Waals surface area (Å²) < 4.78 is 5.29. The van der Waals surface area contributed by atoms with Crippen LogP contribution in [-0.2, 0) is 9.59 Å². The Hall–Kier alpha value is -3.35. The molecule has 0 aliphatic carbocycles. The molecule has 0 radical (unpaired) electrons. The topological polar surface area (TPSA) is 95.9 Å². The maximum absolute atomic E-state index is 12.5. The Kier molecular flexibility index (Phi) is 4.88. The molecule has 26 heavy (non-hydrogen) atoms. The number of nitrogens with zero attached hydrogens (tertiary/aromatic N) is 1. The van der Waals surface area contributed by atoms with Crippen LogP contribution in [0.25, 0.3) is 0 Å². The van der Waals surface area contributed by atoms with Crippen LogP contribution in [0.1, 0.15) is 16.8 Å². The number of para-hydroxylation sites is 2. The number of amides is 2. The van der Waals surface area contributed by atoms with Gasteiger partial charge in [-0.1, -0.05) is 12.1 Å². The lowest BCUT2D eigenvalue weighted by Gasteiger charge is -2.19. The predicted octanol–water partition coefficient (Wildman–Crippen LogP) is 2.39. The summed E-state index contributed by atoms with van der Waals surface area (Å²) in [6, 6.07) is 13.0. The van der Waals surface area contributed by atoms with Crippen LogP contribution in [0.4, 0.5) is 11.4 Å². The third-order valence-corrected chi connectivity index (χ3v) is 4.27. The van der Waals surface area contributed by atoms with Crippen molar-refractivity contribution >= 4 is 29.2 Å². The number of anilines is 2. The smallest absolute Gasteiger partial charge is 0.335 e. The van der Waals surface area contributed by atoms with Gasteiger partial charge < -0.3 is 20.1 Å². The third kappa shape index (κ3) is 3.51. The standard InChI is InChI=1S/C19H18N2O5/c1-26-16-5-3-2-4-15(16)21-11-13(10-17(21)22)18(23)20-14-8-6-12(7-9-14)19(24)25/h2-9,13H,10-11H2,1H3,(H,20,23)(H,24,25)/t13-/m0/s1. The largest absolute Gasteiger partial charge is 0.495 e. The van der Waals surface area contributed by atoms with Crippen LogP contribution in [0.15, 0.2) is 48.5 Å². The molecule has 2 aromatic carbocycles. The monoisotopic (exact) mass is 354 g/mol. The van der Waals surface area contributed by atoms with E-state index in [-0.39, 0.29) is 30.3 Å². The Morgan fingerprint density at radius 1 is 1.15 bits per heavy atom. The number of benzene rings is 2. The highest BCUT2D eigenvalue weighted by atomic mass is 16.5. The summed E-state index contributed by atoms with van der Waals surface area (Å²) in [5.41, 5.74) is 1.27. The molecule has 1 saturated heterocycles. The van der Waals surface area contributed by atoms with Gasteiger partial charge >= 0.3 is 5.97 Å². The summed E-state index contributed by atoms with van der Waals surface area (Å²) in [4.78, 5) is 37.2. The van der Waals surface area contributed by atoms with Gasteiger partial charge in [0.2, 0.25) is 11.8 Å². The van der Waals surface area contributed by atoms with Gasteiger partial charge in [-0.2, -0.15) is 0 Å². The second-order valence-electron chi connectivity index (χ2n) is 5.95. The third-order valence-electron chi connectivity index (χ3n) is 4.27. The number of nitrogens with one attached hydrogen (secondary N) is 1. The Morgan fingerprint density at radius 3 is 2.50 bits per heavy atom. The van der Waals surface area contributed by atoms with Crippen molar-refractivity contribution in [2.24, 2.45) is 5.92 Å². The molecule has 134 valence electrons. The fraction of sp³-hybridized carbons (Fsp3) is 0.211. The lowest BCUT2D eigenvalue weighted by Crippen LogP contribution is -2.28. The SMILES string of the molecule is COc1ccccc1N1C[C@@H](C(=O)Nc2ccc(C(=O)O)cc2)CC1=O. The summed E-state index contributed by atoms with van der Waals surface area (Å²) in [6.45, 7) is 0.262. The van der Waals surface area contributed by atoms with Crippen molar-refractivity contribution in [3.05, 3.63) is 54.1 Å². The van der Waals surface area contributed by atoms with Crippen LogP contribution < -0.4 is 15.0 Å². The van der Waals surface area contributed by atoms with Gasteiger partial charge in [0.1, 0.15) is 5.75 Å². The molecule has 1 aliphatic heterocycles. The molecule has 7 heteroatoms. The van der Waals surface area contributed by atoms with Crippen LogP contribution in [0.3, 0.4) is 0 Å². The number of hydrogen-bond donors (Lipinski definition) is 2. The number of ether oxygens (including phenoxy) is 1. The van der Waals surface area contributed by atoms with E-state index >= 15 is 0 Å². The lowest BCUT2D eigenvalue weighted by molar-refractivity contribution is -0.122. The van der Waals surface area contributed by atoms with Crippen molar-refractivity contribution in [2.75, 3.05) is 23.9 Å². The number of rotatable bonds is 5. The van der Waals surface area contributed by atoms with Gasteiger partial charge in [-0.3, -0.25) is 9.59 Å². The minimum atomic E-state index is -1.03. The van der Waals surface area contributed by atoms with Crippen molar-refractivity contribution in [3.63, 3.8) is 0 Å². The fourth-order valence-corrected chi connectivity index (χ4v) is 2.91. The molecule has 1 atom stereocenters. The average Bonchev–Trinajstić information content (AvgIpc) is 3.04. The maximum atomic E-state index is 12.5. The number of carbonyl (C=O) groups is 3. The summed E-state index contributed by atoms with van der Waals surface area (Å²) in [5, 5.41) is 11.6. The molecule has 2 N–H and O–H groups in total. The van der Waals surface area contributed by atoms with E-state index in [1.54, 1.807) is 17.0 Å². The van der Waals surface area contributed by atoms with Crippen molar-refractivity contribution in [1.29, 1.82) is 0 Å². The normalized spacial score (nSPS) is 16.4. The van der Waals surface area contributed by atoms with E-state index in [1.165, 1.54) is 31.4 Å². The van der Waals surface area contributed by atoms with E-state index in [2.05, 4.69) is 5.32 Å². The molecule has 1 fully saturated rings. The molecule has 3 rings (SSSR count). The number of methoxy groups -OCH3 is 1. The minimum absolute atomic E-state index is 0.108. The minimum Gasteiger partial charge on any atom is -0.495 e. The van der Waals surface area contributed by atoms with E-state index in [0.717, 1.165) is 0 Å². The number of carboxylic acid groups (broad SMARTS) is 1. The van der Waals surface area contributed by atoms with Gasteiger partial charge in [-0.05, 0) is 36.4 Å². The fourth-order valence-electron chi connectivity index (χ4n) is 2.91. The van der Waals surface area contributed by atoms with Crippen molar-refractivity contribution in [3.8, 4) is 5.75 Å². The van der Waals surface area contributed by atoms with E-state index < -0.39 is 11.9 Å². The van der Waals surface area contributed by atoms with E-state index in [9.17, 15) is 14.4 Å². The van der Waals surface area contributed by atoms with Crippen LogP contribution in [0.2, 0.25) is 0 Å².